The van der Waals surface area contributed by atoms with Crippen LogP contribution >= 0.6 is 11.6 Å². The zero-order valence-electron chi connectivity index (χ0n) is 10.4. The van der Waals surface area contributed by atoms with Crippen molar-refractivity contribution >= 4 is 22.6 Å². The summed E-state index contributed by atoms with van der Waals surface area (Å²) in [6, 6.07) is 10.8. The Labute approximate surface area is 115 Å². The first-order valence-electron chi connectivity index (χ1n) is 6.12. The number of rotatable bonds is 2. The van der Waals surface area contributed by atoms with Crippen molar-refractivity contribution in [3.05, 3.63) is 52.8 Å². The monoisotopic (exact) mass is 274 g/mol. The van der Waals surface area contributed by atoms with E-state index in [2.05, 4.69) is 23.0 Å². The van der Waals surface area contributed by atoms with Gasteiger partial charge in [-0.05, 0) is 36.2 Å². The molecule has 1 aromatic heterocycles. The molecule has 0 aliphatic heterocycles. The molecule has 0 aliphatic carbocycles. The van der Waals surface area contributed by atoms with Gasteiger partial charge in [0.25, 0.3) is 0 Å². The van der Waals surface area contributed by atoms with Crippen molar-refractivity contribution in [3.63, 3.8) is 0 Å². The van der Waals surface area contributed by atoms with E-state index >= 15 is 0 Å². The second-order valence-electron chi connectivity index (χ2n) is 4.39. The smallest absolute Gasteiger partial charge is 0.142 e. The van der Waals surface area contributed by atoms with E-state index in [0.717, 1.165) is 17.5 Å². The Morgan fingerprint density at radius 2 is 2.11 bits per heavy atom. The Balaban J connectivity index is 2.18. The van der Waals surface area contributed by atoms with E-state index in [-0.39, 0.29) is 5.02 Å². The molecule has 0 saturated heterocycles. The van der Waals surface area contributed by atoms with E-state index in [9.17, 15) is 4.39 Å². The lowest BCUT2D eigenvalue weighted by Crippen LogP contribution is -1.85. The molecule has 3 aromatic rings. The van der Waals surface area contributed by atoms with Gasteiger partial charge in [-0.2, -0.15) is 0 Å². The van der Waals surface area contributed by atoms with Crippen LogP contribution in [0.4, 0.5) is 4.39 Å². The maximum atomic E-state index is 13.5. The quantitative estimate of drug-likeness (QED) is 0.728. The second-order valence-corrected chi connectivity index (χ2v) is 4.77. The van der Waals surface area contributed by atoms with Gasteiger partial charge in [-0.3, -0.25) is 0 Å². The van der Waals surface area contributed by atoms with Crippen molar-refractivity contribution in [1.29, 1.82) is 0 Å². The van der Waals surface area contributed by atoms with Gasteiger partial charge >= 0.3 is 0 Å². The van der Waals surface area contributed by atoms with E-state index in [0.29, 0.717) is 11.4 Å². The van der Waals surface area contributed by atoms with Crippen molar-refractivity contribution in [3.8, 4) is 11.4 Å². The van der Waals surface area contributed by atoms with Crippen LogP contribution in [0.3, 0.4) is 0 Å². The van der Waals surface area contributed by atoms with E-state index in [1.54, 1.807) is 12.1 Å². The van der Waals surface area contributed by atoms with Gasteiger partial charge in [0.05, 0.1) is 16.1 Å². The van der Waals surface area contributed by atoms with Gasteiger partial charge in [-0.25, -0.2) is 9.37 Å². The van der Waals surface area contributed by atoms with Crippen molar-refractivity contribution in [2.45, 2.75) is 13.3 Å². The summed E-state index contributed by atoms with van der Waals surface area (Å²) in [5, 5.41) is 0.0947. The lowest BCUT2D eigenvalue weighted by atomic mass is 10.1. The largest absolute Gasteiger partial charge is 0.338 e. The number of nitrogens with one attached hydrogen (secondary N) is 1. The summed E-state index contributed by atoms with van der Waals surface area (Å²) in [7, 11) is 0. The van der Waals surface area contributed by atoms with E-state index in [1.165, 1.54) is 11.6 Å². The van der Waals surface area contributed by atoms with Crippen molar-refractivity contribution in [2.75, 3.05) is 0 Å². The van der Waals surface area contributed by atoms with Gasteiger partial charge in [0.2, 0.25) is 0 Å². The molecule has 96 valence electrons. The lowest BCUT2D eigenvalue weighted by molar-refractivity contribution is 0.628. The first-order valence-corrected chi connectivity index (χ1v) is 6.50. The SMILES string of the molecule is CCc1ccc2nc(-c3cccc(F)c3Cl)[nH]c2c1. The zero-order valence-corrected chi connectivity index (χ0v) is 11.1. The van der Waals surface area contributed by atoms with Crippen molar-refractivity contribution < 1.29 is 4.39 Å². The third kappa shape index (κ3) is 2.10. The predicted molar refractivity (Wildman–Crippen MR) is 75.9 cm³/mol. The highest BCUT2D eigenvalue weighted by Crippen LogP contribution is 2.29. The fourth-order valence-electron chi connectivity index (χ4n) is 2.09. The summed E-state index contributed by atoms with van der Waals surface area (Å²) in [6.45, 7) is 2.10. The predicted octanol–water partition coefficient (Wildman–Crippen LogP) is 4.58. The Hall–Kier alpha value is -1.87. The molecule has 1 N–H and O–H groups in total. The number of aryl methyl sites for hydroxylation is 1. The van der Waals surface area contributed by atoms with E-state index < -0.39 is 5.82 Å². The number of aromatic amines is 1. The number of hydrogen-bond donors (Lipinski definition) is 1. The highest BCUT2D eigenvalue weighted by molar-refractivity contribution is 6.33. The van der Waals surface area contributed by atoms with Crippen molar-refractivity contribution in [2.24, 2.45) is 0 Å². The average Bonchev–Trinajstić information content (AvgIpc) is 2.84. The fraction of sp³-hybridized carbons (Fsp3) is 0.133. The number of nitrogens with zero attached hydrogens (tertiary/aromatic N) is 1. The molecule has 0 fully saturated rings. The summed E-state index contributed by atoms with van der Waals surface area (Å²) in [5.74, 6) is 0.154. The Morgan fingerprint density at radius 3 is 2.89 bits per heavy atom. The molecule has 3 rings (SSSR count). The fourth-order valence-corrected chi connectivity index (χ4v) is 2.31. The molecule has 2 nitrogen and oxygen atoms in total. The third-order valence-corrected chi connectivity index (χ3v) is 3.55. The first-order chi connectivity index (χ1) is 9.19. The Bertz CT molecular complexity index is 749. The summed E-state index contributed by atoms with van der Waals surface area (Å²) >= 11 is 5.98. The third-order valence-electron chi connectivity index (χ3n) is 3.16. The molecule has 19 heavy (non-hydrogen) atoms. The van der Waals surface area contributed by atoms with Crippen LogP contribution in [0.1, 0.15) is 12.5 Å². The first kappa shape index (κ1) is 12.2. The maximum Gasteiger partial charge on any atom is 0.142 e. The van der Waals surface area contributed by atoms with Crippen LogP contribution < -0.4 is 0 Å². The molecule has 0 atom stereocenters. The molecular formula is C15H12ClFN2. The molecule has 0 saturated carbocycles. The Morgan fingerprint density at radius 1 is 1.26 bits per heavy atom. The van der Waals surface area contributed by atoms with Crippen LogP contribution in [0.5, 0.6) is 0 Å². The lowest BCUT2D eigenvalue weighted by Gasteiger charge is -2.00. The number of hydrogen-bond acceptors (Lipinski definition) is 1. The Kier molecular flexibility index (Phi) is 2.99. The van der Waals surface area contributed by atoms with Gasteiger partial charge < -0.3 is 4.98 Å². The summed E-state index contributed by atoms with van der Waals surface area (Å²) < 4.78 is 13.5. The van der Waals surface area contributed by atoms with Crippen LogP contribution in [0, 0.1) is 5.82 Å². The van der Waals surface area contributed by atoms with Gasteiger partial charge in [0.15, 0.2) is 0 Å². The molecule has 0 amide bonds. The minimum atomic E-state index is -0.436. The average molecular weight is 275 g/mol. The van der Waals surface area contributed by atoms with Crippen LogP contribution in [-0.4, -0.2) is 9.97 Å². The zero-order chi connectivity index (χ0) is 13.4. The number of benzene rings is 2. The molecule has 1 heterocycles. The molecule has 2 aromatic carbocycles. The molecule has 0 spiro atoms. The van der Waals surface area contributed by atoms with Gasteiger partial charge in [-0.1, -0.05) is 30.7 Å². The van der Waals surface area contributed by atoms with Gasteiger partial charge in [0.1, 0.15) is 11.6 Å². The topological polar surface area (TPSA) is 28.7 Å². The van der Waals surface area contributed by atoms with E-state index in [4.69, 9.17) is 11.6 Å². The van der Waals surface area contributed by atoms with Gasteiger partial charge in [-0.15, -0.1) is 0 Å². The summed E-state index contributed by atoms with van der Waals surface area (Å²) in [5.41, 5.74) is 3.60. The molecule has 0 bridgehead atoms. The number of fused-ring (bicyclic) bond motifs is 1. The molecular weight excluding hydrogens is 263 g/mol. The molecule has 4 heteroatoms. The normalized spacial score (nSPS) is 11.1. The summed E-state index contributed by atoms with van der Waals surface area (Å²) in [6.07, 6.45) is 0.963. The second kappa shape index (κ2) is 4.67. The maximum absolute atomic E-state index is 13.5. The number of aromatic nitrogens is 2. The molecule has 0 unspecified atom stereocenters. The molecule has 0 aliphatic rings. The minimum Gasteiger partial charge on any atom is -0.338 e. The van der Waals surface area contributed by atoms with Crippen LogP contribution in [-0.2, 0) is 6.42 Å². The highest BCUT2D eigenvalue weighted by atomic mass is 35.5. The highest BCUT2D eigenvalue weighted by Gasteiger charge is 2.11. The standard InChI is InChI=1S/C15H12ClFN2/c1-2-9-6-7-12-13(8-9)19-15(18-12)10-4-3-5-11(17)14(10)16/h3-8H,2H2,1H3,(H,18,19). The van der Waals surface area contributed by atoms with Crippen molar-refractivity contribution in [1.82, 2.24) is 9.97 Å². The number of halogens is 2. The number of imidazole rings is 1. The summed E-state index contributed by atoms with van der Waals surface area (Å²) in [4.78, 5) is 7.65. The minimum absolute atomic E-state index is 0.0947. The van der Waals surface area contributed by atoms with Crippen LogP contribution in [0.15, 0.2) is 36.4 Å². The molecule has 0 radical (unpaired) electrons. The van der Waals surface area contributed by atoms with Gasteiger partial charge in [0, 0.05) is 5.56 Å². The van der Waals surface area contributed by atoms with Crippen LogP contribution in [0.2, 0.25) is 5.02 Å². The van der Waals surface area contributed by atoms with Crippen LogP contribution in [0.25, 0.3) is 22.4 Å². The number of H-pyrrole nitrogens is 1. The van der Waals surface area contributed by atoms with E-state index in [1.807, 2.05) is 12.1 Å².